The van der Waals surface area contributed by atoms with Crippen molar-refractivity contribution >= 4 is 51.6 Å². The van der Waals surface area contributed by atoms with Crippen molar-refractivity contribution in [3.05, 3.63) is 34.8 Å². The second-order valence-electron chi connectivity index (χ2n) is 6.48. The van der Waals surface area contributed by atoms with Crippen molar-refractivity contribution in [2.45, 2.75) is 17.1 Å². The fourth-order valence-electron chi connectivity index (χ4n) is 2.87. The van der Waals surface area contributed by atoms with Gasteiger partial charge in [0, 0.05) is 28.9 Å². The summed E-state index contributed by atoms with van der Waals surface area (Å²) in [5.41, 5.74) is 5.92. The molecule has 0 spiro atoms. The second-order valence-corrected chi connectivity index (χ2v) is 8.70. The number of nitrogens with zero attached hydrogens (tertiary/aromatic N) is 2. The van der Waals surface area contributed by atoms with Crippen LogP contribution in [0.4, 0.5) is 10.8 Å². The summed E-state index contributed by atoms with van der Waals surface area (Å²) in [5, 5.41) is 5.01. The third kappa shape index (κ3) is 4.36. The maximum atomic E-state index is 12.4. The predicted molar refractivity (Wildman–Crippen MR) is 110 cm³/mol. The van der Waals surface area contributed by atoms with Gasteiger partial charge in [0.15, 0.2) is 5.13 Å². The molecule has 0 saturated carbocycles. The SMILES string of the molecule is CC1Sc2ccc(C(=O)NNC(=O)c3csc(N4CCOCC4)n3)cc2NC1=O. The van der Waals surface area contributed by atoms with Crippen LogP contribution in [0.25, 0.3) is 0 Å². The minimum atomic E-state index is -0.496. The molecule has 9 nitrogen and oxygen atoms in total. The highest BCUT2D eigenvalue weighted by Crippen LogP contribution is 2.35. The molecule has 0 aliphatic carbocycles. The number of benzene rings is 1. The third-order valence-corrected chi connectivity index (χ3v) is 6.55. The van der Waals surface area contributed by atoms with Crippen LogP contribution in [0.1, 0.15) is 27.8 Å². The summed E-state index contributed by atoms with van der Waals surface area (Å²) in [6.07, 6.45) is 0. The quantitative estimate of drug-likeness (QED) is 0.629. The number of nitrogens with one attached hydrogen (secondary N) is 3. The highest BCUT2D eigenvalue weighted by molar-refractivity contribution is 8.00. The van der Waals surface area contributed by atoms with Crippen molar-refractivity contribution in [1.82, 2.24) is 15.8 Å². The number of carbonyl (C=O) groups is 3. The van der Waals surface area contributed by atoms with E-state index in [0.29, 0.717) is 24.5 Å². The Kier molecular flexibility index (Phi) is 5.69. The Balaban J connectivity index is 1.36. The molecule has 0 bridgehead atoms. The smallest absolute Gasteiger partial charge is 0.289 e. The van der Waals surface area contributed by atoms with Gasteiger partial charge in [0.2, 0.25) is 5.91 Å². The monoisotopic (exact) mass is 433 g/mol. The molecule has 2 aromatic rings. The minimum absolute atomic E-state index is 0.104. The molecule has 1 aromatic heterocycles. The number of rotatable bonds is 3. The van der Waals surface area contributed by atoms with E-state index in [4.69, 9.17) is 4.74 Å². The van der Waals surface area contributed by atoms with Crippen LogP contribution < -0.4 is 21.1 Å². The van der Waals surface area contributed by atoms with Crippen molar-refractivity contribution in [1.29, 1.82) is 0 Å². The van der Waals surface area contributed by atoms with E-state index in [1.165, 1.54) is 23.1 Å². The number of fused-ring (bicyclic) bond motifs is 1. The van der Waals surface area contributed by atoms with Crippen LogP contribution in [0, 0.1) is 0 Å². The maximum Gasteiger partial charge on any atom is 0.289 e. The molecule has 2 aliphatic rings. The molecule has 2 aliphatic heterocycles. The van der Waals surface area contributed by atoms with Gasteiger partial charge in [-0.15, -0.1) is 23.1 Å². The highest BCUT2D eigenvalue weighted by atomic mass is 32.2. The zero-order valence-electron chi connectivity index (χ0n) is 15.6. The Morgan fingerprint density at radius 2 is 2.00 bits per heavy atom. The maximum absolute atomic E-state index is 12.4. The van der Waals surface area contributed by atoms with E-state index in [2.05, 4.69) is 26.1 Å². The van der Waals surface area contributed by atoms with Gasteiger partial charge in [-0.2, -0.15) is 0 Å². The summed E-state index contributed by atoms with van der Waals surface area (Å²) in [6.45, 7) is 4.56. The Bertz CT molecular complexity index is 957. The number of amides is 3. The molecule has 152 valence electrons. The van der Waals surface area contributed by atoms with Gasteiger partial charge in [-0.3, -0.25) is 25.2 Å². The van der Waals surface area contributed by atoms with Crippen molar-refractivity contribution in [3.8, 4) is 0 Å². The van der Waals surface area contributed by atoms with Crippen LogP contribution in [0.5, 0.6) is 0 Å². The van der Waals surface area contributed by atoms with Crippen LogP contribution in [0.15, 0.2) is 28.5 Å². The molecule has 3 heterocycles. The molecule has 1 atom stereocenters. The molecule has 1 saturated heterocycles. The number of anilines is 2. The van der Waals surface area contributed by atoms with Crippen LogP contribution in [-0.4, -0.2) is 54.3 Å². The van der Waals surface area contributed by atoms with Crippen LogP contribution >= 0.6 is 23.1 Å². The van der Waals surface area contributed by atoms with E-state index < -0.39 is 11.8 Å². The number of carbonyl (C=O) groups excluding carboxylic acids is 3. The van der Waals surface area contributed by atoms with E-state index in [9.17, 15) is 14.4 Å². The van der Waals surface area contributed by atoms with Crippen molar-refractivity contribution in [2.75, 3.05) is 36.5 Å². The first-order valence-corrected chi connectivity index (χ1v) is 10.8. The third-order valence-electron chi connectivity index (χ3n) is 4.47. The Hall–Kier alpha value is -2.63. The van der Waals surface area contributed by atoms with Gasteiger partial charge in [0.1, 0.15) is 5.69 Å². The molecule has 4 rings (SSSR count). The summed E-state index contributed by atoms with van der Waals surface area (Å²) in [4.78, 5) is 43.8. The Morgan fingerprint density at radius 1 is 1.24 bits per heavy atom. The molecule has 1 fully saturated rings. The first-order chi connectivity index (χ1) is 14.0. The van der Waals surface area contributed by atoms with Gasteiger partial charge < -0.3 is 15.0 Å². The van der Waals surface area contributed by atoms with Gasteiger partial charge in [-0.05, 0) is 25.1 Å². The molecule has 1 unspecified atom stereocenters. The predicted octanol–water partition coefficient (Wildman–Crippen LogP) is 1.49. The van der Waals surface area contributed by atoms with E-state index in [-0.39, 0.29) is 16.9 Å². The number of hydrogen-bond donors (Lipinski definition) is 3. The van der Waals surface area contributed by atoms with Crippen LogP contribution in [0.2, 0.25) is 0 Å². The first-order valence-electron chi connectivity index (χ1n) is 9.02. The van der Waals surface area contributed by atoms with Gasteiger partial charge >= 0.3 is 0 Å². The largest absolute Gasteiger partial charge is 0.378 e. The van der Waals surface area contributed by atoms with Crippen molar-refractivity contribution in [2.24, 2.45) is 0 Å². The average molecular weight is 434 g/mol. The number of thiazole rings is 1. The van der Waals surface area contributed by atoms with Crippen LogP contribution in [0.3, 0.4) is 0 Å². The standard InChI is InChI=1S/C18H19N5O4S2/c1-10-15(24)19-12-8-11(2-3-14(12)29-10)16(25)21-22-17(26)13-9-28-18(20-13)23-4-6-27-7-5-23/h2-3,8-10H,4-7H2,1H3,(H,19,24)(H,21,25)(H,22,26). The molecular formula is C18H19N5O4S2. The minimum Gasteiger partial charge on any atom is -0.378 e. The second kappa shape index (κ2) is 8.39. The summed E-state index contributed by atoms with van der Waals surface area (Å²) in [5.74, 6) is -1.08. The summed E-state index contributed by atoms with van der Waals surface area (Å²) >= 11 is 2.81. The lowest BCUT2D eigenvalue weighted by Crippen LogP contribution is -2.42. The molecule has 0 radical (unpaired) electrons. The molecule has 11 heteroatoms. The van der Waals surface area contributed by atoms with Crippen molar-refractivity contribution < 1.29 is 19.1 Å². The molecule has 3 amide bonds. The van der Waals surface area contributed by atoms with E-state index >= 15 is 0 Å². The highest BCUT2D eigenvalue weighted by Gasteiger charge is 2.24. The fourth-order valence-corrected chi connectivity index (χ4v) is 4.66. The van der Waals surface area contributed by atoms with Crippen molar-refractivity contribution in [3.63, 3.8) is 0 Å². The number of aromatic nitrogens is 1. The lowest BCUT2D eigenvalue weighted by Gasteiger charge is -2.25. The number of ether oxygens (including phenoxy) is 1. The number of hydrogen-bond acceptors (Lipinski definition) is 8. The normalized spacial score (nSPS) is 18.6. The zero-order chi connectivity index (χ0) is 20.4. The first kappa shape index (κ1) is 19.7. The Labute approximate surface area is 175 Å². The molecule has 3 N–H and O–H groups in total. The van der Waals surface area contributed by atoms with Gasteiger partial charge in [0.05, 0.1) is 24.2 Å². The fraction of sp³-hybridized carbons (Fsp3) is 0.333. The van der Waals surface area contributed by atoms with Gasteiger partial charge in [-0.25, -0.2) is 4.98 Å². The van der Waals surface area contributed by atoms with E-state index in [0.717, 1.165) is 23.1 Å². The zero-order valence-corrected chi connectivity index (χ0v) is 17.2. The summed E-state index contributed by atoms with van der Waals surface area (Å²) < 4.78 is 5.31. The van der Waals surface area contributed by atoms with E-state index in [1.54, 1.807) is 23.6 Å². The number of morpholine rings is 1. The van der Waals surface area contributed by atoms with E-state index in [1.807, 2.05) is 6.92 Å². The van der Waals surface area contributed by atoms with Gasteiger partial charge in [-0.1, -0.05) is 0 Å². The lowest BCUT2D eigenvalue weighted by atomic mass is 10.2. The average Bonchev–Trinajstić information content (AvgIpc) is 3.23. The number of thioether (sulfide) groups is 1. The molecule has 1 aromatic carbocycles. The molecular weight excluding hydrogens is 414 g/mol. The number of hydrazine groups is 1. The summed E-state index contributed by atoms with van der Waals surface area (Å²) in [7, 11) is 0. The molecule has 29 heavy (non-hydrogen) atoms. The topological polar surface area (TPSA) is 113 Å². The Morgan fingerprint density at radius 3 is 2.79 bits per heavy atom. The van der Waals surface area contributed by atoms with Crippen LogP contribution in [-0.2, 0) is 9.53 Å². The lowest BCUT2D eigenvalue weighted by molar-refractivity contribution is -0.115. The van der Waals surface area contributed by atoms with Gasteiger partial charge in [0.25, 0.3) is 11.8 Å². The summed E-state index contributed by atoms with van der Waals surface area (Å²) in [6, 6.07) is 5.02.